The minimum absolute atomic E-state index is 0.156. The maximum absolute atomic E-state index is 9.53. The largest absolute Gasteiger partial charge is 0.0760 e. The Hall–Kier alpha value is -5.98. The van der Waals surface area contributed by atoms with Crippen molar-refractivity contribution in [1.82, 2.24) is 0 Å². The second-order valence-corrected chi connectivity index (χ2v) is 12.6. The molecule has 0 amide bonds. The van der Waals surface area contributed by atoms with E-state index in [2.05, 4.69) is 54.6 Å². The molecule has 2 atom stereocenters. The van der Waals surface area contributed by atoms with Gasteiger partial charge in [-0.1, -0.05) is 158 Å². The summed E-state index contributed by atoms with van der Waals surface area (Å²) in [6, 6.07) is 42.2. The van der Waals surface area contributed by atoms with Crippen LogP contribution < -0.4 is 10.4 Å². The summed E-state index contributed by atoms with van der Waals surface area (Å²) in [5, 5.41) is 8.73. The average molecular weight is 617 g/mol. The molecule has 0 N–H and O–H groups in total. The highest BCUT2D eigenvalue weighted by molar-refractivity contribution is 6.14. The third-order valence-corrected chi connectivity index (χ3v) is 9.99. The van der Waals surface area contributed by atoms with Gasteiger partial charge in [-0.2, -0.15) is 0 Å². The smallest absolute Gasteiger partial charge is 0.0629 e. The number of hydrogen-bond acceptors (Lipinski definition) is 0. The molecular weight excluding hydrogens is 577 g/mol. The first-order valence-corrected chi connectivity index (χ1v) is 16.3. The van der Waals surface area contributed by atoms with Gasteiger partial charge in [-0.05, 0) is 111 Å². The highest BCUT2D eigenvalue weighted by Crippen LogP contribution is 2.43. The van der Waals surface area contributed by atoms with E-state index in [1.807, 2.05) is 78.9 Å². The van der Waals surface area contributed by atoms with E-state index in [-0.39, 0.29) is 46.7 Å². The summed E-state index contributed by atoms with van der Waals surface area (Å²) in [7, 11) is 0. The van der Waals surface area contributed by atoms with Gasteiger partial charge in [0.25, 0.3) is 0 Å². The zero-order chi connectivity index (χ0) is 38.6. The van der Waals surface area contributed by atoms with Crippen LogP contribution in [0.4, 0.5) is 0 Å². The van der Waals surface area contributed by atoms with E-state index in [0.717, 1.165) is 54.2 Å². The monoisotopic (exact) mass is 616 g/mol. The normalized spacial score (nSPS) is 20.1. The summed E-state index contributed by atoms with van der Waals surface area (Å²) in [6.07, 6.45) is 0. The number of allylic oxidation sites excluding steroid dienone is 4. The molecule has 0 heterocycles. The lowest BCUT2D eigenvalue weighted by Gasteiger charge is -2.34. The maximum Gasteiger partial charge on any atom is 0.0629 e. The van der Waals surface area contributed by atoms with Gasteiger partial charge in [0.2, 0.25) is 0 Å². The molecule has 0 spiro atoms. The van der Waals surface area contributed by atoms with Gasteiger partial charge in [-0.3, -0.25) is 0 Å². The molecule has 0 radical (unpaired) electrons. The van der Waals surface area contributed by atoms with Crippen molar-refractivity contribution in [3.8, 4) is 11.1 Å². The molecule has 2 aliphatic carbocycles. The second kappa shape index (κ2) is 10.8. The third-order valence-electron chi connectivity index (χ3n) is 9.99. The van der Waals surface area contributed by atoms with Gasteiger partial charge in [0.05, 0.1) is 11.0 Å². The van der Waals surface area contributed by atoms with Crippen LogP contribution in [0.1, 0.15) is 22.1 Å². The Labute approximate surface area is 291 Å². The molecule has 0 aromatic heterocycles. The van der Waals surface area contributed by atoms with Crippen molar-refractivity contribution >= 4 is 54.2 Å². The molecule has 48 heavy (non-hydrogen) atoms. The highest BCUT2D eigenvalue weighted by Gasteiger charge is 2.32. The van der Waals surface area contributed by atoms with E-state index in [0.29, 0.717) is 22.3 Å². The zero-order valence-electron chi connectivity index (χ0n) is 33.9. The molecule has 8 aromatic carbocycles. The van der Waals surface area contributed by atoms with Crippen LogP contribution in [-0.4, -0.2) is 0 Å². The van der Waals surface area contributed by atoms with Gasteiger partial charge in [0, 0.05) is 11.8 Å². The number of hydrogen-bond donors (Lipinski definition) is 0. The van der Waals surface area contributed by atoms with Gasteiger partial charge in [0.15, 0.2) is 0 Å². The van der Waals surface area contributed by atoms with Gasteiger partial charge >= 0.3 is 0 Å². The molecule has 0 bridgehead atoms. The van der Waals surface area contributed by atoms with Crippen LogP contribution in [0, 0.1) is 11.8 Å². The number of benzene rings is 8. The predicted octanol–water partition coefficient (Wildman–Crippen LogP) is 10.7. The number of fused-ring (bicyclic) bond motifs is 7. The molecular formula is C48H32. The zero-order valence-corrected chi connectivity index (χ0v) is 25.9. The fourth-order valence-corrected chi connectivity index (χ4v) is 7.78. The number of rotatable bonds is 3. The van der Waals surface area contributed by atoms with E-state index in [1.54, 1.807) is 0 Å². The maximum atomic E-state index is 9.53. The van der Waals surface area contributed by atoms with Crippen LogP contribution in [0.15, 0.2) is 182 Å². The molecule has 2 aliphatic rings. The van der Waals surface area contributed by atoms with Crippen molar-refractivity contribution < 1.29 is 11.0 Å². The van der Waals surface area contributed by atoms with Crippen molar-refractivity contribution in [1.29, 1.82) is 0 Å². The lowest BCUT2D eigenvalue weighted by atomic mass is 9.69. The lowest BCUT2D eigenvalue weighted by Crippen LogP contribution is -2.40. The highest BCUT2D eigenvalue weighted by atomic mass is 14.3. The van der Waals surface area contributed by atoms with Crippen LogP contribution in [0.2, 0.25) is 0 Å². The minimum Gasteiger partial charge on any atom is -0.0760 e. The molecule has 0 heteroatoms. The Kier molecular flexibility index (Phi) is 4.56. The quantitative estimate of drug-likeness (QED) is 0.137. The van der Waals surface area contributed by atoms with Crippen molar-refractivity contribution in [2.75, 3.05) is 0 Å². The fraction of sp³-hybridized carbons (Fsp3) is 0.0417. The summed E-state index contributed by atoms with van der Waals surface area (Å²) < 4.78 is 73.6. The van der Waals surface area contributed by atoms with Crippen molar-refractivity contribution in [2.24, 2.45) is 11.8 Å². The van der Waals surface area contributed by atoms with Crippen LogP contribution in [0.25, 0.3) is 65.4 Å². The Balaban J connectivity index is 1.35. The third kappa shape index (κ3) is 4.23. The molecule has 8 aromatic rings. The van der Waals surface area contributed by atoms with E-state index >= 15 is 0 Å². The van der Waals surface area contributed by atoms with Crippen LogP contribution in [0.3, 0.4) is 0 Å². The summed E-state index contributed by atoms with van der Waals surface area (Å²) in [6.45, 7) is 0. The lowest BCUT2D eigenvalue weighted by molar-refractivity contribution is 0.687. The first-order valence-electron chi connectivity index (χ1n) is 20.3. The van der Waals surface area contributed by atoms with E-state index in [9.17, 15) is 5.48 Å². The molecule has 0 saturated heterocycles. The standard InChI is InChI=1S/C48H32/c1-2-12-32-27-36(24-23-31(32)11-1)34-15-9-16-38(29-34)47-42-17-5-7-19-44(42)48(45-20-8-6-18-43(45)47)41-22-10-21-39-40(41)26-25-37-28-33-13-3-4-14-35(33)30-46(37)39/h1-30,42,44H/i5D,6D,7D,8D,17D,18D,19D,20D. The van der Waals surface area contributed by atoms with Gasteiger partial charge in [-0.15, -0.1) is 0 Å². The first kappa shape index (κ1) is 20.3. The van der Waals surface area contributed by atoms with Crippen LogP contribution >= 0.6 is 0 Å². The summed E-state index contributed by atoms with van der Waals surface area (Å²) in [4.78, 5) is 0. The minimum atomic E-state index is -0.978. The van der Waals surface area contributed by atoms with E-state index < -0.39 is 23.9 Å². The average Bonchev–Trinajstić information content (AvgIpc) is 3.24. The van der Waals surface area contributed by atoms with Crippen molar-refractivity contribution in [3.05, 3.63) is 203 Å². The second-order valence-electron chi connectivity index (χ2n) is 12.6. The molecule has 0 nitrogen and oxygen atoms in total. The Morgan fingerprint density at radius 3 is 1.83 bits per heavy atom. The van der Waals surface area contributed by atoms with Gasteiger partial charge in [0.1, 0.15) is 0 Å². The summed E-state index contributed by atoms with van der Waals surface area (Å²) >= 11 is 0. The van der Waals surface area contributed by atoms with Crippen LogP contribution in [0.5, 0.6) is 0 Å². The molecule has 2 unspecified atom stereocenters. The topological polar surface area (TPSA) is 0 Å². The summed E-state index contributed by atoms with van der Waals surface area (Å²) in [5.74, 6) is -1.95. The van der Waals surface area contributed by atoms with Crippen LogP contribution in [-0.2, 0) is 0 Å². The Bertz CT molecular complexity index is 3250. The van der Waals surface area contributed by atoms with E-state index in [1.165, 1.54) is 0 Å². The molecule has 10 rings (SSSR count). The molecule has 224 valence electrons. The fourth-order valence-electron chi connectivity index (χ4n) is 7.78. The SMILES string of the molecule is [2H]C1=C([2H])C2C(c3cccc(-c4ccc5ccccc5c4)c3)=c3c([2H])c([2H])c([2H])c([2H])c3=C(c3cccc4c3ccc3cc5ccccc5cc34)C2C([2H])=C1[2H]. The van der Waals surface area contributed by atoms with E-state index in [4.69, 9.17) is 5.48 Å². The Morgan fingerprint density at radius 2 is 1.02 bits per heavy atom. The van der Waals surface area contributed by atoms with Crippen molar-refractivity contribution in [3.63, 3.8) is 0 Å². The summed E-state index contributed by atoms with van der Waals surface area (Å²) in [5.41, 5.74) is 4.05. The van der Waals surface area contributed by atoms with Gasteiger partial charge < -0.3 is 0 Å². The predicted molar refractivity (Wildman–Crippen MR) is 204 cm³/mol. The molecule has 0 saturated carbocycles. The Morgan fingerprint density at radius 1 is 0.396 bits per heavy atom. The molecule has 0 fully saturated rings. The van der Waals surface area contributed by atoms with Crippen molar-refractivity contribution in [2.45, 2.75) is 0 Å². The first-order chi connectivity index (χ1) is 27.1. The molecule has 0 aliphatic heterocycles. The van der Waals surface area contributed by atoms with Gasteiger partial charge in [-0.25, -0.2) is 0 Å².